The summed E-state index contributed by atoms with van der Waals surface area (Å²) < 4.78 is 6.73. The first-order chi connectivity index (χ1) is 6.94. The van der Waals surface area contributed by atoms with Crippen molar-refractivity contribution in [1.82, 2.24) is 0 Å². The quantitative estimate of drug-likeness (QED) is 0.789. The summed E-state index contributed by atoms with van der Waals surface area (Å²) in [5, 5.41) is 9.09. The predicted octanol–water partition coefficient (Wildman–Crippen LogP) is 3.87. The van der Waals surface area contributed by atoms with Gasteiger partial charge in [0.25, 0.3) is 0 Å². The van der Waals surface area contributed by atoms with E-state index < -0.39 is 14.4 Å². The Kier molecular flexibility index (Phi) is 4.09. The van der Waals surface area contributed by atoms with Crippen LogP contribution in [0.2, 0.25) is 19.6 Å². The third-order valence-corrected chi connectivity index (χ3v) is 3.44. The first-order valence-corrected chi connectivity index (χ1v) is 8.96. The van der Waals surface area contributed by atoms with Gasteiger partial charge in [0.1, 0.15) is 0 Å². The summed E-state index contributed by atoms with van der Waals surface area (Å²) in [6.07, 6.45) is -0.466. The number of rotatable bonds is 3. The molecule has 0 N–H and O–H groups in total. The van der Waals surface area contributed by atoms with Gasteiger partial charge in [-0.1, -0.05) is 34.1 Å². The van der Waals surface area contributed by atoms with Crippen molar-refractivity contribution in [3.05, 3.63) is 34.3 Å². The molecule has 0 unspecified atom stereocenters. The van der Waals surface area contributed by atoms with E-state index >= 15 is 0 Å². The highest BCUT2D eigenvalue weighted by atomic mass is 79.9. The zero-order chi connectivity index (χ0) is 11.5. The second-order valence-corrected chi connectivity index (χ2v) is 9.58. The van der Waals surface area contributed by atoms with Crippen LogP contribution in [0.25, 0.3) is 0 Å². The molecule has 15 heavy (non-hydrogen) atoms. The molecular weight excluding hydrogens is 270 g/mol. The number of hydrogen-bond donors (Lipinski definition) is 0. The summed E-state index contributed by atoms with van der Waals surface area (Å²) in [5.41, 5.74) is 0.905. The zero-order valence-electron chi connectivity index (χ0n) is 9.12. The van der Waals surface area contributed by atoms with Crippen LogP contribution in [0.3, 0.4) is 0 Å². The van der Waals surface area contributed by atoms with E-state index in [0.29, 0.717) is 0 Å². The molecule has 0 fully saturated rings. The van der Waals surface area contributed by atoms with Crippen molar-refractivity contribution in [2.24, 2.45) is 0 Å². The Morgan fingerprint density at radius 2 is 1.93 bits per heavy atom. The second-order valence-electron chi connectivity index (χ2n) is 4.26. The van der Waals surface area contributed by atoms with Crippen molar-refractivity contribution in [3.8, 4) is 6.07 Å². The zero-order valence-corrected chi connectivity index (χ0v) is 11.7. The monoisotopic (exact) mass is 283 g/mol. The molecule has 0 spiro atoms. The van der Waals surface area contributed by atoms with Crippen LogP contribution in [0.5, 0.6) is 0 Å². The van der Waals surface area contributed by atoms with Crippen molar-refractivity contribution in [3.63, 3.8) is 0 Å². The minimum absolute atomic E-state index is 0.466. The molecule has 4 heteroatoms. The van der Waals surface area contributed by atoms with E-state index in [1.165, 1.54) is 0 Å². The van der Waals surface area contributed by atoms with E-state index in [-0.39, 0.29) is 0 Å². The third kappa shape index (κ3) is 3.78. The minimum atomic E-state index is -1.69. The maximum absolute atomic E-state index is 9.09. The van der Waals surface area contributed by atoms with Crippen LogP contribution in [-0.4, -0.2) is 8.32 Å². The number of hydrogen-bond acceptors (Lipinski definition) is 2. The van der Waals surface area contributed by atoms with Gasteiger partial charge in [0.2, 0.25) is 0 Å². The largest absolute Gasteiger partial charge is 0.399 e. The molecule has 0 amide bonds. The number of benzene rings is 1. The highest BCUT2D eigenvalue weighted by Gasteiger charge is 2.23. The number of nitriles is 1. The van der Waals surface area contributed by atoms with Gasteiger partial charge in [0, 0.05) is 10.0 Å². The number of nitrogens with zero attached hydrogens (tertiary/aromatic N) is 1. The summed E-state index contributed by atoms with van der Waals surface area (Å²) in [4.78, 5) is 0. The van der Waals surface area contributed by atoms with Crippen LogP contribution in [0.4, 0.5) is 0 Å². The van der Waals surface area contributed by atoms with Gasteiger partial charge in [-0.05, 0) is 25.7 Å². The maximum Gasteiger partial charge on any atom is 0.186 e. The van der Waals surface area contributed by atoms with Gasteiger partial charge in [-0.2, -0.15) is 5.26 Å². The summed E-state index contributed by atoms with van der Waals surface area (Å²) in [6.45, 7) is 6.23. The van der Waals surface area contributed by atoms with E-state index in [1.807, 2.05) is 24.3 Å². The van der Waals surface area contributed by atoms with Crippen molar-refractivity contribution in [2.45, 2.75) is 25.7 Å². The fraction of sp³-hybridized carbons (Fsp3) is 0.364. The molecule has 0 saturated heterocycles. The van der Waals surface area contributed by atoms with Gasteiger partial charge < -0.3 is 4.43 Å². The van der Waals surface area contributed by atoms with E-state index in [2.05, 4.69) is 41.6 Å². The number of halogens is 1. The summed E-state index contributed by atoms with van der Waals surface area (Å²) in [5.74, 6) is 0. The van der Waals surface area contributed by atoms with Gasteiger partial charge in [0.15, 0.2) is 14.4 Å². The molecule has 1 atom stereocenters. The summed E-state index contributed by atoms with van der Waals surface area (Å²) in [7, 11) is -1.69. The SMILES string of the molecule is C[Si](C)(C)O[C@@H](C#N)c1ccccc1Br. The molecule has 0 saturated carbocycles. The molecular formula is C11H14BrNOSi. The van der Waals surface area contributed by atoms with E-state index in [1.54, 1.807) is 0 Å². The van der Waals surface area contributed by atoms with Crippen LogP contribution in [0.15, 0.2) is 28.7 Å². The summed E-state index contributed by atoms with van der Waals surface area (Å²) >= 11 is 3.43. The molecule has 1 aromatic carbocycles. The molecule has 2 nitrogen and oxygen atoms in total. The Morgan fingerprint density at radius 1 is 1.33 bits per heavy atom. The van der Waals surface area contributed by atoms with E-state index in [4.69, 9.17) is 9.69 Å². The molecule has 0 bridgehead atoms. The predicted molar refractivity (Wildman–Crippen MR) is 66.9 cm³/mol. The molecule has 0 aliphatic carbocycles. The normalized spacial score (nSPS) is 13.3. The average molecular weight is 284 g/mol. The highest BCUT2D eigenvalue weighted by Crippen LogP contribution is 2.27. The van der Waals surface area contributed by atoms with Crippen molar-refractivity contribution < 1.29 is 4.43 Å². The Labute approximate surface area is 100 Å². The van der Waals surface area contributed by atoms with Crippen LogP contribution < -0.4 is 0 Å². The molecule has 0 aliphatic rings. The Bertz CT molecular complexity index is 381. The van der Waals surface area contributed by atoms with Crippen LogP contribution in [0, 0.1) is 11.3 Å². The topological polar surface area (TPSA) is 33.0 Å². The molecule has 1 rings (SSSR count). The van der Waals surface area contributed by atoms with Gasteiger partial charge >= 0.3 is 0 Å². The lowest BCUT2D eigenvalue weighted by Gasteiger charge is -2.22. The molecule has 0 heterocycles. The Morgan fingerprint density at radius 3 is 2.40 bits per heavy atom. The Balaban J connectivity index is 2.95. The van der Waals surface area contributed by atoms with Crippen molar-refractivity contribution in [2.75, 3.05) is 0 Å². The van der Waals surface area contributed by atoms with Gasteiger partial charge in [0.05, 0.1) is 6.07 Å². The van der Waals surface area contributed by atoms with E-state index in [9.17, 15) is 0 Å². The lowest BCUT2D eigenvalue weighted by Crippen LogP contribution is -2.27. The highest BCUT2D eigenvalue weighted by molar-refractivity contribution is 9.10. The lowest BCUT2D eigenvalue weighted by atomic mass is 10.1. The maximum atomic E-state index is 9.09. The van der Waals surface area contributed by atoms with Crippen LogP contribution in [0.1, 0.15) is 11.7 Å². The van der Waals surface area contributed by atoms with Gasteiger partial charge in [-0.3, -0.25) is 0 Å². The summed E-state index contributed by atoms with van der Waals surface area (Å²) in [6, 6.07) is 9.88. The van der Waals surface area contributed by atoms with Gasteiger partial charge in [-0.15, -0.1) is 0 Å². The fourth-order valence-electron chi connectivity index (χ4n) is 1.20. The molecule has 1 aromatic rings. The molecule has 0 aliphatic heterocycles. The van der Waals surface area contributed by atoms with Gasteiger partial charge in [-0.25, -0.2) is 0 Å². The average Bonchev–Trinajstić information content (AvgIpc) is 2.14. The smallest absolute Gasteiger partial charge is 0.186 e. The standard InChI is InChI=1S/C11H14BrNOSi/c1-15(2,3)14-11(8-13)9-6-4-5-7-10(9)12/h4-7,11H,1-3H3/t11-/m0/s1. The first kappa shape index (κ1) is 12.4. The van der Waals surface area contributed by atoms with E-state index in [0.717, 1.165) is 10.0 Å². The second kappa shape index (κ2) is 4.93. The van der Waals surface area contributed by atoms with Crippen LogP contribution in [-0.2, 0) is 4.43 Å². The minimum Gasteiger partial charge on any atom is -0.399 e. The third-order valence-electron chi connectivity index (χ3n) is 1.78. The lowest BCUT2D eigenvalue weighted by molar-refractivity contribution is 0.254. The first-order valence-electron chi connectivity index (χ1n) is 4.76. The Hall–Kier alpha value is -0.633. The molecule has 80 valence electrons. The van der Waals surface area contributed by atoms with Crippen molar-refractivity contribution in [1.29, 1.82) is 5.26 Å². The fourth-order valence-corrected chi connectivity index (χ4v) is 2.58. The molecule has 0 aromatic heterocycles. The molecule has 0 radical (unpaired) electrons. The van der Waals surface area contributed by atoms with Crippen LogP contribution >= 0.6 is 15.9 Å². The van der Waals surface area contributed by atoms with Crippen molar-refractivity contribution >= 4 is 24.2 Å².